The third-order valence-corrected chi connectivity index (χ3v) is 8.75. The van der Waals surface area contributed by atoms with E-state index in [0.29, 0.717) is 10.6 Å². The van der Waals surface area contributed by atoms with Gasteiger partial charge >= 0.3 is 0 Å². The van der Waals surface area contributed by atoms with E-state index in [9.17, 15) is 27.2 Å². The molecule has 0 aliphatic carbocycles. The molecule has 6 N–H and O–H groups in total. The maximum atomic E-state index is 15.5. The molecule has 0 spiro atoms. The highest BCUT2D eigenvalue weighted by atomic mass is 35.5. The first-order valence-electron chi connectivity index (χ1n) is 14.6. The first kappa shape index (κ1) is 36.2. The zero-order chi connectivity index (χ0) is 35.4. The minimum atomic E-state index is -3.86. The Morgan fingerprint density at radius 3 is 2.42 bits per heavy atom. The van der Waals surface area contributed by atoms with Crippen LogP contribution in [0.1, 0.15) is 32.8 Å². The number of anilines is 2. The first-order valence-corrected chi connectivity index (χ1v) is 16.7. The van der Waals surface area contributed by atoms with Crippen LogP contribution >= 0.6 is 11.6 Å². The van der Waals surface area contributed by atoms with Crippen LogP contribution in [0.25, 0.3) is 11.1 Å². The summed E-state index contributed by atoms with van der Waals surface area (Å²) in [6, 6.07) is 13.5. The molecule has 3 aromatic carbocycles. The zero-order valence-corrected chi connectivity index (χ0v) is 27.8. The number of hydrogen-bond acceptors (Lipinski definition) is 8. The number of amides is 3. The summed E-state index contributed by atoms with van der Waals surface area (Å²) < 4.78 is 62.7. The van der Waals surface area contributed by atoms with Crippen molar-refractivity contribution in [1.29, 1.82) is 5.41 Å². The summed E-state index contributed by atoms with van der Waals surface area (Å²) in [4.78, 5) is 39.4. The number of alkyl halides is 1. The quantitative estimate of drug-likeness (QED) is 0.176. The van der Waals surface area contributed by atoms with Crippen molar-refractivity contribution < 1.29 is 36.3 Å². The van der Waals surface area contributed by atoms with Gasteiger partial charge in [0.2, 0.25) is 27.8 Å². The number of nitrogens with zero attached hydrogens (tertiary/aromatic N) is 1. The lowest BCUT2D eigenvalue weighted by Gasteiger charge is -2.24. The molecule has 256 valence electrons. The average molecular weight is 705 g/mol. The van der Waals surface area contributed by atoms with E-state index in [1.54, 1.807) is 45.0 Å². The number of nitrogens with one attached hydrogen (secondary N) is 4. The number of nitrogens with two attached hydrogens (primary N) is 1. The third kappa shape index (κ3) is 9.05. The van der Waals surface area contributed by atoms with Crippen molar-refractivity contribution in [1.82, 2.24) is 9.62 Å². The number of likely N-dealkylation sites (tertiary alicyclic amines) is 1. The van der Waals surface area contributed by atoms with E-state index in [4.69, 9.17) is 27.5 Å². The minimum Gasteiger partial charge on any atom is -0.476 e. The van der Waals surface area contributed by atoms with Crippen molar-refractivity contribution in [3.05, 3.63) is 77.1 Å². The summed E-state index contributed by atoms with van der Waals surface area (Å²) in [5.41, 5.74) is 4.27. The van der Waals surface area contributed by atoms with E-state index in [1.165, 1.54) is 36.4 Å². The molecular weight excluding hydrogens is 670 g/mol. The number of carbonyl (C=O) groups is 3. The number of rotatable bonds is 12. The van der Waals surface area contributed by atoms with Crippen molar-refractivity contribution >= 4 is 56.4 Å². The van der Waals surface area contributed by atoms with Crippen LogP contribution in [0.15, 0.2) is 60.7 Å². The van der Waals surface area contributed by atoms with Crippen LogP contribution in [0.3, 0.4) is 0 Å². The molecule has 3 aromatic rings. The summed E-state index contributed by atoms with van der Waals surface area (Å²) in [6.45, 7) is 4.04. The highest BCUT2D eigenvalue weighted by Gasteiger charge is 2.40. The SMILES string of the molecule is CC(C)(C)NS(=O)(=O)COc1ccc(C(=N)C(N)=O)c(NCC(=O)N2C[C@H](F)C[C@H]2C(=O)Nc2cccc(-c3ccccc3Cl)c2F)c1. The van der Waals surface area contributed by atoms with Crippen LogP contribution in [0.2, 0.25) is 5.02 Å². The molecule has 4 rings (SSSR count). The van der Waals surface area contributed by atoms with Crippen molar-refractivity contribution in [2.45, 2.75) is 44.9 Å². The number of benzene rings is 3. The molecule has 2 atom stereocenters. The molecule has 1 aliphatic rings. The van der Waals surface area contributed by atoms with E-state index in [1.807, 2.05) is 0 Å². The van der Waals surface area contributed by atoms with Crippen molar-refractivity contribution in [2.24, 2.45) is 5.73 Å². The van der Waals surface area contributed by atoms with Crippen LogP contribution in [0, 0.1) is 11.2 Å². The Labute approximate surface area is 281 Å². The molecule has 0 unspecified atom stereocenters. The number of halogens is 3. The predicted octanol–water partition coefficient (Wildman–Crippen LogP) is 4.04. The fourth-order valence-corrected chi connectivity index (χ4v) is 6.59. The van der Waals surface area contributed by atoms with E-state index >= 15 is 4.39 Å². The van der Waals surface area contributed by atoms with Gasteiger partial charge in [-0.05, 0) is 45.0 Å². The van der Waals surface area contributed by atoms with Gasteiger partial charge in [-0.15, -0.1) is 0 Å². The fraction of sp³-hybridized carbons (Fsp3) is 0.312. The Morgan fingerprint density at radius 2 is 1.75 bits per heavy atom. The van der Waals surface area contributed by atoms with E-state index in [-0.39, 0.29) is 34.7 Å². The Balaban J connectivity index is 1.50. The van der Waals surface area contributed by atoms with Crippen molar-refractivity contribution in [3.8, 4) is 16.9 Å². The van der Waals surface area contributed by atoms with E-state index in [2.05, 4.69) is 15.4 Å². The number of primary amides is 1. The number of hydrogen-bond donors (Lipinski definition) is 5. The van der Waals surface area contributed by atoms with Gasteiger partial charge in [-0.2, -0.15) is 0 Å². The van der Waals surface area contributed by atoms with Crippen LogP contribution in [-0.2, 0) is 24.4 Å². The third-order valence-electron chi connectivity index (χ3n) is 7.07. The topological polar surface area (TPSA) is 184 Å². The molecule has 16 heteroatoms. The van der Waals surface area contributed by atoms with Crippen LogP contribution in [-0.4, -0.2) is 73.5 Å². The van der Waals surface area contributed by atoms with Crippen molar-refractivity contribution in [2.75, 3.05) is 29.7 Å². The number of sulfonamides is 1. The lowest BCUT2D eigenvalue weighted by Crippen LogP contribution is -2.45. The van der Waals surface area contributed by atoms with Gasteiger partial charge in [-0.1, -0.05) is 41.9 Å². The molecule has 12 nitrogen and oxygen atoms in total. The highest BCUT2D eigenvalue weighted by molar-refractivity contribution is 7.89. The maximum absolute atomic E-state index is 15.5. The smallest absolute Gasteiger partial charge is 0.267 e. The molecule has 1 fully saturated rings. The monoisotopic (exact) mass is 704 g/mol. The lowest BCUT2D eigenvalue weighted by molar-refractivity contribution is -0.135. The summed E-state index contributed by atoms with van der Waals surface area (Å²) in [5.74, 6) is -4.09. The summed E-state index contributed by atoms with van der Waals surface area (Å²) in [7, 11) is -3.86. The minimum absolute atomic E-state index is 0.0151. The number of ether oxygens (including phenoxy) is 1. The maximum Gasteiger partial charge on any atom is 0.267 e. The van der Waals surface area contributed by atoms with Gasteiger partial charge in [0.1, 0.15) is 23.7 Å². The Morgan fingerprint density at radius 1 is 1.06 bits per heavy atom. The Bertz CT molecular complexity index is 1850. The first-order chi connectivity index (χ1) is 22.5. The zero-order valence-electron chi connectivity index (χ0n) is 26.3. The molecular formula is C32H35ClF2N6O6S. The molecule has 48 heavy (non-hydrogen) atoms. The van der Waals surface area contributed by atoms with E-state index < -0.39 is 76.1 Å². The molecule has 0 aromatic heterocycles. The molecule has 0 bridgehead atoms. The average Bonchev–Trinajstić information content (AvgIpc) is 3.40. The van der Waals surface area contributed by atoms with Crippen LogP contribution in [0.4, 0.5) is 20.2 Å². The second-order valence-electron chi connectivity index (χ2n) is 12.1. The van der Waals surface area contributed by atoms with Crippen LogP contribution in [0.5, 0.6) is 5.75 Å². The van der Waals surface area contributed by atoms with Gasteiger partial charge in [0.15, 0.2) is 5.82 Å². The standard InChI is InChI=1S/C32H35ClF2N6O6S/c1-32(2,3)40-48(45,46)17-47-19-11-12-22(29(36)30(37)43)25(14-19)38-15-27(42)41-16-18(34)13-26(41)31(44)39-24-10-6-8-21(28(24)35)20-7-4-5-9-23(20)33/h4-12,14,18,26,36,38,40H,13,15-17H2,1-3H3,(H2,37,43)(H,39,44)/t18-,26+/m1/s1. The molecule has 1 aliphatic heterocycles. The fourth-order valence-electron chi connectivity index (χ4n) is 5.07. The molecule has 1 heterocycles. The molecule has 3 amide bonds. The van der Waals surface area contributed by atoms with Gasteiger partial charge in [0.05, 0.1) is 18.8 Å². The molecule has 1 saturated heterocycles. The molecule has 0 radical (unpaired) electrons. The molecule has 0 saturated carbocycles. The van der Waals surface area contributed by atoms with Gasteiger partial charge in [0.25, 0.3) is 5.91 Å². The summed E-state index contributed by atoms with van der Waals surface area (Å²) in [6.07, 6.45) is -1.87. The lowest BCUT2D eigenvalue weighted by atomic mass is 10.0. The largest absolute Gasteiger partial charge is 0.476 e. The van der Waals surface area contributed by atoms with Crippen LogP contribution < -0.4 is 25.8 Å². The second kappa shape index (κ2) is 14.7. The van der Waals surface area contributed by atoms with Gasteiger partial charge in [-0.25, -0.2) is 21.9 Å². The van der Waals surface area contributed by atoms with Gasteiger partial charge < -0.3 is 26.0 Å². The van der Waals surface area contributed by atoms with E-state index in [0.717, 1.165) is 4.90 Å². The highest BCUT2D eigenvalue weighted by Crippen LogP contribution is 2.33. The van der Waals surface area contributed by atoms with Crippen molar-refractivity contribution in [3.63, 3.8) is 0 Å². The van der Waals surface area contributed by atoms with Gasteiger partial charge in [0, 0.05) is 45.4 Å². The number of carbonyl (C=O) groups excluding carboxylic acids is 3. The Hall–Kier alpha value is -4.60. The summed E-state index contributed by atoms with van der Waals surface area (Å²) >= 11 is 6.23. The Kier molecular flexibility index (Phi) is 11.1. The summed E-state index contributed by atoms with van der Waals surface area (Å²) in [5, 5.41) is 13.6. The predicted molar refractivity (Wildman–Crippen MR) is 179 cm³/mol. The normalized spacial score (nSPS) is 16.3. The second-order valence-corrected chi connectivity index (χ2v) is 14.1. The van der Waals surface area contributed by atoms with Gasteiger partial charge in [-0.3, -0.25) is 19.8 Å².